The smallest absolute Gasteiger partial charge is 0.293 e. The Labute approximate surface area is 189 Å². The zero-order chi connectivity index (χ0) is 22.5. The van der Waals surface area contributed by atoms with Gasteiger partial charge in [-0.1, -0.05) is 30.0 Å². The van der Waals surface area contributed by atoms with Gasteiger partial charge in [0.15, 0.2) is 5.76 Å². The zero-order valence-corrected chi connectivity index (χ0v) is 18.0. The average molecular weight is 474 g/mol. The number of nitrogens with one attached hydrogen (secondary N) is 1. The summed E-state index contributed by atoms with van der Waals surface area (Å²) in [4.78, 5) is 37.8. The van der Waals surface area contributed by atoms with E-state index >= 15 is 0 Å². The first-order valence-electron chi connectivity index (χ1n) is 9.28. The van der Waals surface area contributed by atoms with Crippen molar-refractivity contribution in [2.24, 2.45) is 0 Å². The summed E-state index contributed by atoms with van der Waals surface area (Å²) in [5.74, 6) is -0.698. The van der Waals surface area contributed by atoms with Gasteiger partial charge in [-0.15, -0.1) is 10.2 Å². The van der Waals surface area contributed by atoms with Gasteiger partial charge in [-0.25, -0.2) is 4.39 Å². The molecular formula is C20H15FN4O5S2. The van der Waals surface area contributed by atoms with Gasteiger partial charge in [0.1, 0.15) is 5.82 Å². The maximum atomic E-state index is 13.8. The number of furan rings is 1. The molecule has 0 unspecified atom stereocenters. The molecule has 1 aliphatic rings. The van der Waals surface area contributed by atoms with Crippen LogP contribution in [0.2, 0.25) is 0 Å². The third-order valence-corrected chi connectivity index (χ3v) is 5.91. The zero-order valence-electron chi connectivity index (χ0n) is 16.3. The fourth-order valence-corrected chi connectivity index (χ4v) is 4.13. The standard InChI is InChI=1S/C20H15FN4O5S2/c21-13-5-2-1-4-12(13)10-15-18(27)25(20(28)32-15)8-7-22-16(26)11-31-19-24-23-17(30-19)14-6-3-9-29-14/h1-6,9-10H,7-8,11H2,(H,22,26)/b15-10-. The van der Waals surface area contributed by atoms with Gasteiger partial charge in [0.2, 0.25) is 5.91 Å². The first kappa shape index (κ1) is 21.8. The molecule has 0 spiro atoms. The Morgan fingerprint density at radius 2 is 2.06 bits per heavy atom. The molecule has 1 saturated heterocycles. The Hall–Kier alpha value is -3.38. The van der Waals surface area contributed by atoms with Gasteiger partial charge < -0.3 is 14.2 Å². The second kappa shape index (κ2) is 9.83. The van der Waals surface area contributed by atoms with Crippen LogP contribution in [-0.2, 0) is 9.59 Å². The lowest BCUT2D eigenvalue weighted by Gasteiger charge is -2.12. The third kappa shape index (κ3) is 5.08. The number of carbonyl (C=O) groups is 3. The van der Waals surface area contributed by atoms with Crippen molar-refractivity contribution < 1.29 is 27.6 Å². The van der Waals surface area contributed by atoms with E-state index in [1.165, 1.54) is 30.5 Å². The van der Waals surface area contributed by atoms with E-state index in [4.69, 9.17) is 8.83 Å². The number of thioether (sulfide) groups is 2. The Morgan fingerprint density at radius 3 is 2.84 bits per heavy atom. The number of imide groups is 1. The monoisotopic (exact) mass is 474 g/mol. The molecule has 9 nitrogen and oxygen atoms in total. The van der Waals surface area contributed by atoms with E-state index in [-0.39, 0.29) is 46.3 Å². The van der Waals surface area contributed by atoms with Crippen LogP contribution in [0.1, 0.15) is 5.56 Å². The fourth-order valence-electron chi connectivity index (χ4n) is 2.68. The molecule has 4 rings (SSSR count). The highest BCUT2D eigenvalue weighted by molar-refractivity contribution is 8.18. The van der Waals surface area contributed by atoms with Gasteiger partial charge in [0, 0.05) is 18.7 Å². The van der Waals surface area contributed by atoms with Crippen molar-refractivity contribution in [2.75, 3.05) is 18.8 Å². The first-order chi connectivity index (χ1) is 15.5. The lowest BCUT2D eigenvalue weighted by Crippen LogP contribution is -2.37. The molecular weight excluding hydrogens is 459 g/mol. The van der Waals surface area contributed by atoms with Crippen LogP contribution < -0.4 is 5.32 Å². The summed E-state index contributed by atoms with van der Waals surface area (Å²) < 4.78 is 24.3. The molecule has 12 heteroatoms. The van der Waals surface area contributed by atoms with Crippen LogP contribution >= 0.6 is 23.5 Å². The Balaban J connectivity index is 1.24. The van der Waals surface area contributed by atoms with Crippen LogP contribution in [0.3, 0.4) is 0 Å². The summed E-state index contributed by atoms with van der Waals surface area (Å²) in [6.07, 6.45) is 2.82. The summed E-state index contributed by atoms with van der Waals surface area (Å²) in [6.45, 7) is 0.0742. The van der Waals surface area contributed by atoms with Crippen molar-refractivity contribution in [3.8, 4) is 11.7 Å². The molecule has 3 aromatic rings. The van der Waals surface area contributed by atoms with Crippen LogP contribution in [-0.4, -0.2) is 51.0 Å². The highest BCUT2D eigenvalue weighted by Gasteiger charge is 2.34. The van der Waals surface area contributed by atoms with Gasteiger partial charge in [0.05, 0.1) is 16.9 Å². The summed E-state index contributed by atoms with van der Waals surface area (Å²) in [6, 6.07) is 9.32. The molecule has 0 aliphatic carbocycles. The molecule has 164 valence electrons. The van der Waals surface area contributed by atoms with Crippen LogP contribution in [0.25, 0.3) is 17.7 Å². The van der Waals surface area contributed by atoms with Crippen LogP contribution in [0.4, 0.5) is 9.18 Å². The van der Waals surface area contributed by atoms with Crippen molar-refractivity contribution in [1.82, 2.24) is 20.4 Å². The molecule has 1 aliphatic heterocycles. The van der Waals surface area contributed by atoms with E-state index in [9.17, 15) is 18.8 Å². The van der Waals surface area contributed by atoms with Crippen LogP contribution in [0, 0.1) is 5.82 Å². The Morgan fingerprint density at radius 1 is 1.22 bits per heavy atom. The SMILES string of the molecule is O=C(CSc1nnc(-c2ccco2)o1)NCCN1C(=O)S/C(=C\c2ccccc2F)C1=O. The maximum Gasteiger partial charge on any atom is 0.293 e. The van der Waals surface area contributed by atoms with E-state index in [0.29, 0.717) is 5.76 Å². The number of halogens is 1. The van der Waals surface area contributed by atoms with Crippen molar-refractivity contribution in [3.63, 3.8) is 0 Å². The highest BCUT2D eigenvalue weighted by Crippen LogP contribution is 2.32. The highest BCUT2D eigenvalue weighted by atomic mass is 32.2. The van der Waals surface area contributed by atoms with Gasteiger partial charge in [-0.05, 0) is 36.0 Å². The number of hydrogen-bond donors (Lipinski definition) is 1. The second-order valence-electron chi connectivity index (χ2n) is 6.34. The molecule has 32 heavy (non-hydrogen) atoms. The minimum Gasteiger partial charge on any atom is -0.459 e. The predicted octanol–water partition coefficient (Wildman–Crippen LogP) is 3.41. The number of rotatable bonds is 8. The number of hydrogen-bond acceptors (Lipinski definition) is 9. The molecule has 0 bridgehead atoms. The number of nitrogens with zero attached hydrogens (tertiary/aromatic N) is 3. The minimum absolute atomic E-state index is 0.00111. The first-order valence-corrected chi connectivity index (χ1v) is 11.1. The van der Waals surface area contributed by atoms with Crippen molar-refractivity contribution in [2.45, 2.75) is 5.22 Å². The minimum atomic E-state index is -0.525. The largest absolute Gasteiger partial charge is 0.459 e. The number of benzene rings is 1. The van der Waals surface area contributed by atoms with Crippen LogP contribution in [0.5, 0.6) is 0 Å². The van der Waals surface area contributed by atoms with Gasteiger partial charge >= 0.3 is 0 Å². The summed E-state index contributed by atoms with van der Waals surface area (Å²) >= 11 is 1.78. The number of amides is 3. The Kier molecular flexibility index (Phi) is 6.71. The molecule has 0 saturated carbocycles. The van der Waals surface area contributed by atoms with E-state index in [2.05, 4.69) is 15.5 Å². The normalized spacial score (nSPS) is 15.0. The quantitative estimate of drug-likeness (QED) is 0.387. The van der Waals surface area contributed by atoms with Crippen molar-refractivity contribution in [1.29, 1.82) is 0 Å². The van der Waals surface area contributed by atoms with Gasteiger partial charge in [-0.3, -0.25) is 19.3 Å². The maximum absolute atomic E-state index is 13.8. The van der Waals surface area contributed by atoms with E-state index in [1.807, 2.05) is 0 Å². The molecule has 3 heterocycles. The van der Waals surface area contributed by atoms with E-state index in [1.54, 1.807) is 18.2 Å². The number of carbonyl (C=O) groups excluding carboxylic acids is 3. The lowest BCUT2D eigenvalue weighted by molar-refractivity contribution is -0.123. The average Bonchev–Trinajstić information content (AvgIpc) is 3.51. The predicted molar refractivity (Wildman–Crippen MR) is 115 cm³/mol. The van der Waals surface area contributed by atoms with E-state index in [0.717, 1.165) is 28.4 Å². The molecule has 3 amide bonds. The van der Waals surface area contributed by atoms with Crippen molar-refractivity contribution in [3.05, 3.63) is 58.9 Å². The van der Waals surface area contributed by atoms with Crippen LogP contribution in [0.15, 0.2) is 61.6 Å². The van der Waals surface area contributed by atoms with Crippen molar-refractivity contribution >= 4 is 46.7 Å². The number of aromatic nitrogens is 2. The lowest BCUT2D eigenvalue weighted by atomic mass is 10.2. The molecule has 1 fully saturated rings. The molecule has 0 radical (unpaired) electrons. The van der Waals surface area contributed by atoms with Gasteiger partial charge in [-0.2, -0.15) is 0 Å². The molecule has 1 N–H and O–H groups in total. The topological polar surface area (TPSA) is 119 Å². The molecule has 0 atom stereocenters. The third-order valence-electron chi connectivity index (χ3n) is 4.19. The molecule has 1 aromatic carbocycles. The fraction of sp³-hybridized carbons (Fsp3) is 0.150. The Bertz CT molecular complexity index is 1180. The second-order valence-corrected chi connectivity index (χ2v) is 8.26. The summed E-state index contributed by atoms with van der Waals surface area (Å²) in [5.41, 5.74) is 0.222. The van der Waals surface area contributed by atoms with E-state index < -0.39 is 17.0 Å². The summed E-state index contributed by atoms with van der Waals surface area (Å²) in [7, 11) is 0. The summed E-state index contributed by atoms with van der Waals surface area (Å²) in [5, 5.41) is 10.0. The van der Waals surface area contributed by atoms with Gasteiger partial charge in [0.25, 0.3) is 22.3 Å². The molecule has 2 aromatic heterocycles.